The van der Waals surface area contributed by atoms with Crippen molar-refractivity contribution >= 4 is 40.0 Å². The molecule has 0 aliphatic rings. The maximum atomic E-state index is 14.9. The molecule has 0 spiro atoms. The smallest absolute Gasteiger partial charge is 0.230 e. The lowest BCUT2D eigenvalue weighted by atomic mass is 10.1. The molecule has 36 heavy (non-hydrogen) atoms. The van der Waals surface area contributed by atoms with Crippen molar-refractivity contribution in [1.82, 2.24) is 20.3 Å². The second kappa shape index (κ2) is 10.3. The number of pyridine rings is 2. The number of aromatic amines is 1. The van der Waals surface area contributed by atoms with Gasteiger partial charge in [-0.05, 0) is 48.1 Å². The molecule has 0 saturated carbocycles. The fraction of sp³-hybridized carbons (Fsp3) is 0.0370. The van der Waals surface area contributed by atoms with Gasteiger partial charge in [0, 0.05) is 30.2 Å². The Morgan fingerprint density at radius 1 is 0.944 bits per heavy atom. The monoisotopic (exact) mass is 497 g/mol. The molecular weight excluding hydrogens is 477 g/mol. The van der Waals surface area contributed by atoms with Gasteiger partial charge in [0.2, 0.25) is 5.91 Å². The number of carbonyl (C=O) groups excluding carboxylic acids is 1. The fourth-order valence-corrected chi connectivity index (χ4v) is 3.87. The largest absolute Gasteiger partial charge is 0.452 e. The van der Waals surface area contributed by atoms with E-state index < -0.39 is 5.82 Å². The Bertz CT molecular complexity index is 1540. The highest BCUT2D eigenvalue weighted by atomic mass is 32.1. The zero-order valence-electron chi connectivity index (χ0n) is 18.9. The first-order valence-electron chi connectivity index (χ1n) is 11.1. The van der Waals surface area contributed by atoms with Gasteiger partial charge in [-0.2, -0.15) is 0 Å². The third-order valence-corrected chi connectivity index (χ3v) is 5.50. The van der Waals surface area contributed by atoms with Crippen LogP contribution in [0.15, 0.2) is 91.3 Å². The van der Waals surface area contributed by atoms with Gasteiger partial charge in [0.15, 0.2) is 22.4 Å². The summed E-state index contributed by atoms with van der Waals surface area (Å²) in [6.45, 7) is 0. The van der Waals surface area contributed by atoms with E-state index in [1.165, 1.54) is 12.1 Å². The molecule has 0 aliphatic heterocycles. The fourth-order valence-electron chi connectivity index (χ4n) is 3.64. The van der Waals surface area contributed by atoms with E-state index in [4.69, 9.17) is 17.0 Å². The van der Waals surface area contributed by atoms with E-state index in [1.54, 1.807) is 24.5 Å². The number of carbonyl (C=O) groups is 1. The zero-order chi connectivity index (χ0) is 24.9. The van der Waals surface area contributed by atoms with Crippen molar-refractivity contribution in [2.75, 3.05) is 5.32 Å². The number of nitrogens with zero attached hydrogens (tertiary/aromatic N) is 2. The van der Waals surface area contributed by atoms with E-state index in [0.717, 1.165) is 17.0 Å². The molecule has 0 bridgehead atoms. The SMILES string of the molecule is O=C(Cc1ccccc1)NC(=S)Nc1ccc(Oc2ccnc3cc(-c4ccccn4)[nH]c23)c(F)c1. The summed E-state index contributed by atoms with van der Waals surface area (Å²) in [6, 6.07) is 22.8. The molecule has 5 aromatic rings. The summed E-state index contributed by atoms with van der Waals surface area (Å²) in [4.78, 5) is 24.1. The average molecular weight is 498 g/mol. The van der Waals surface area contributed by atoms with Crippen LogP contribution in [-0.2, 0) is 11.2 Å². The maximum absolute atomic E-state index is 14.9. The van der Waals surface area contributed by atoms with Crippen LogP contribution in [0.25, 0.3) is 22.4 Å². The average Bonchev–Trinajstić information content (AvgIpc) is 3.32. The lowest BCUT2D eigenvalue weighted by Gasteiger charge is -2.12. The number of halogens is 1. The highest BCUT2D eigenvalue weighted by Gasteiger charge is 2.13. The number of benzene rings is 2. The molecule has 0 saturated heterocycles. The van der Waals surface area contributed by atoms with Crippen molar-refractivity contribution in [2.45, 2.75) is 6.42 Å². The Kier molecular flexibility index (Phi) is 6.63. The van der Waals surface area contributed by atoms with Gasteiger partial charge in [-0.15, -0.1) is 0 Å². The second-order valence-corrected chi connectivity index (χ2v) is 8.29. The first-order chi connectivity index (χ1) is 17.5. The molecule has 3 N–H and O–H groups in total. The van der Waals surface area contributed by atoms with Crippen molar-refractivity contribution in [3.05, 3.63) is 103 Å². The maximum Gasteiger partial charge on any atom is 0.230 e. The number of aromatic nitrogens is 3. The molecule has 0 unspecified atom stereocenters. The minimum absolute atomic E-state index is 0.0288. The summed E-state index contributed by atoms with van der Waals surface area (Å²) in [6.07, 6.45) is 3.49. The Balaban J connectivity index is 1.27. The first-order valence-corrected chi connectivity index (χ1v) is 11.5. The number of amides is 1. The molecule has 3 heterocycles. The Morgan fingerprint density at radius 3 is 2.56 bits per heavy atom. The van der Waals surface area contributed by atoms with Crippen molar-refractivity contribution in [3.63, 3.8) is 0 Å². The molecule has 2 aromatic carbocycles. The highest BCUT2D eigenvalue weighted by molar-refractivity contribution is 7.80. The number of H-pyrrole nitrogens is 1. The highest BCUT2D eigenvalue weighted by Crippen LogP contribution is 2.33. The summed E-state index contributed by atoms with van der Waals surface area (Å²) in [7, 11) is 0. The van der Waals surface area contributed by atoms with Gasteiger partial charge in [-0.3, -0.25) is 14.8 Å². The molecule has 0 fully saturated rings. The number of fused-ring (bicyclic) bond motifs is 1. The molecule has 9 heteroatoms. The zero-order valence-corrected chi connectivity index (χ0v) is 19.7. The second-order valence-electron chi connectivity index (χ2n) is 7.88. The van der Waals surface area contributed by atoms with Crippen molar-refractivity contribution in [1.29, 1.82) is 0 Å². The molecular formula is C27H20FN5O2S. The predicted molar refractivity (Wildman–Crippen MR) is 140 cm³/mol. The van der Waals surface area contributed by atoms with E-state index in [-0.39, 0.29) is 23.2 Å². The van der Waals surface area contributed by atoms with Gasteiger partial charge in [0.25, 0.3) is 0 Å². The van der Waals surface area contributed by atoms with Gasteiger partial charge < -0.3 is 20.4 Å². The summed E-state index contributed by atoms with van der Waals surface area (Å²) in [5.74, 6) is -0.414. The number of anilines is 1. The van der Waals surface area contributed by atoms with E-state index in [9.17, 15) is 9.18 Å². The third kappa shape index (κ3) is 5.37. The van der Waals surface area contributed by atoms with Crippen LogP contribution in [0.3, 0.4) is 0 Å². The predicted octanol–water partition coefficient (Wildman–Crippen LogP) is 5.61. The quantitative estimate of drug-likeness (QED) is 0.264. The Labute approximate surface area is 211 Å². The number of hydrogen-bond acceptors (Lipinski definition) is 5. The summed E-state index contributed by atoms with van der Waals surface area (Å²) in [5.41, 5.74) is 4.07. The van der Waals surface area contributed by atoms with E-state index in [2.05, 4.69) is 25.6 Å². The molecule has 0 radical (unpaired) electrons. The van der Waals surface area contributed by atoms with Gasteiger partial charge >= 0.3 is 0 Å². The minimum atomic E-state index is -0.597. The van der Waals surface area contributed by atoms with Crippen LogP contribution in [0.5, 0.6) is 11.5 Å². The van der Waals surface area contributed by atoms with Crippen LogP contribution < -0.4 is 15.4 Å². The first kappa shape index (κ1) is 23.1. The van der Waals surface area contributed by atoms with Gasteiger partial charge in [-0.25, -0.2) is 4.39 Å². The van der Waals surface area contributed by atoms with E-state index >= 15 is 0 Å². The topological polar surface area (TPSA) is 91.9 Å². The summed E-state index contributed by atoms with van der Waals surface area (Å²) < 4.78 is 20.7. The Hall–Kier alpha value is -4.63. The number of ether oxygens (including phenoxy) is 1. The molecule has 5 rings (SSSR count). The molecule has 7 nitrogen and oxygen atoms in total. The van der Waals surface area contributed by atoms with Crippen LogP contribution in [0, 0.1) is 5.82 Å². The van der Waals surface area contributed by atoms with E-state index in [1.807, 2.05) is 54.6 Å². The molecule has 3 aromatic heterocycles. The molecule has 0 atom stereocenters. The molecule has 178 valence electrons. The lowest BCUT2D eigenvalue weighted by Crippen LogP contribution is -2.35. The Morgan fingerprint density at radius 2 is 1.78 bits per heavy atom. The normalized spacial score (nSPS) is 10.7. The van der Waals surface area contributed by atoms with E-state index in [0.29, 0.717) is 22.5 Å². The van der Waals surface area contributed by atoms with Crippen LogP contribution in [0.4, 0.5) is 10.1 Å². The number of nitrogens with one attached hydrogen (secondary N) is 3. The van der Waals surface area contributed by atoms with Gasteiger partial charge in [0.1, 0.15) is 5.52 Å². The lowest BCUT2D eigenvalue weighted by molar-refractivity contribution is -0.119. The standard InChI is InChI=1S/C27H20FN5O2S/c28-19-15-18(31-27(36)33-25(34)14-17-6-2-1-3-7-17)9-10-23(19)35-24-11-13-30-22-16-21(32-26(22)24)20-8-4-5-12-29-20/h1-13,15-16,32H,14H2,(H2,31,33,34,36). The van der Waals surface area contributed by atoms with Crippen LogP contribution in [0.1, 0.15) is 5.56 Å². The van der Waals surface area contributed by atoms with Gasteiger partial charge in [0.05, 0.1) is 23.3 Å². The van der Waals surface area contributed by atoms with Crippen molar-refractivity contribution in [3.8, 4) is 22.9 Å². The molecule has 0 aliphatic carbocycles. The number of rotatable bonds is 6. The van der Waals surface area contributed by atoms with Crippen LogP contribution >= 0.6 is 12.2 Å². The number of hydrogen-bond donors (Lipinski definition) is 3. The summed E-state index contributed by atoms with van der Waals surface area (Å²) >= 11 is 5.19. The van der Waals surface area contributed by atoms with Crippen LogP contribution in [0.2, 0.25) is 0 Å². The number of thiocarbonyl (C=S) groups is 1. The minimum Gasteiger partial charge on any atom is -0.452 e. The van der Waals surface area contributed by atoms with Crippen molar-refractivity contribution < 1.29 is 13.9 Å². The van der Waals surface area contributed by atoms with Crippen molar-refractivity contribution in [2.24, 2.45) is 0 Å². The van der Waals surface area contributed by atoms with Crippen LogP contribution in [-0.4, -0.2) is 26.0 Å². The third-order valence-electron chi connectivity index (χ3n) is 5.29. The van der Waals surface area contributed by atoms with Gasteiger partial charge in [-0.1, -0.05) is 36.4 Å². The summed E-state index contributed by atoms with van der Waals surface area (Å²) in [5, 5.41) is 5.50. The molecule has 1 amide bonds.